The lowest BCUT2D eigenvalue weighted by Crippen LogP contribution is -2.53. The van der Waals surface area contributed by atoms with Gasteiger partial charge in [-0.1, -0.05) is 24.3 Å². The quantitative estimate of drug-likeness (QED) is 0.529. The number of nitrogens with zero attached hydrogens (tertiary/aromatic N) is 2. The third kappa shape index (κ3) is 6.65. The third-order valence-electron chi connectivity index (χ3n) is 6.16. The largest absolute Gasteiger partial charge is 0.381 e. The van der Waals surface area contributed by atoms with Crippen molar-refractivity contribution in [3.8, 4) is 0 Å². The Labute approximate surface area is 186 Å². The van der Waals surface area contributed by atoms with Crippen LogP contribution in [0.2, 0.25) is 0 Å². The summed E-state index contributed by atoms with van der Waals surface area (Å²) in [5.41, 5.74) is 2.40. The summed E-state index contributed by atoms with van der Waals surface area (Å²) in [4.78, 5) is 7.25. The van der Waals surface area contributed by atoms with E-state index in [2.05, 4.69) is 41.4 Å². The van der Waals surface area contributed by atoms with Crippen LogP contribution in [0.15, 0.2) is 29.3 Å². The molecule has 0 amide bonds. The van der Waals surface area contributed by atoms with Crippen molar-refractivity contribution in [1.29, 1.82) is 0 Å². The number of hydrogen-bond donors (Lipinski definition) is 1. The molecule has 1 aromatic carbocycles. The highest BCUT2D eigenvalue weighted by Crippen LogP contribution is 2.21. The summed E-state index contributed by atoms with van der Waals surface area (Å²) in [5.74, 6) is 0.956. The van der Waals surface area contributed by atoms with Crippen LogP contribution in [0, 0.1) is 0 Å². The monoisotopic (exact) mass is 431 g/mol. The van der Waals surface area contributed by atoms with Gasteiger partial charge >= 0.3 is 0 Å². The Balaban J connectivity index is 1.34. The van der Waals surface area contributed by atoms with Gasteiger partial charge in [-0.25, -0.2) is 4.99 Å². The van der Waals surface area contributed by atoms with E-state index in [9.17, 15) is 0 Å². The molecule has 1 aromatic rings. The van der Waals surface area contributed by atoms with E-state index in [0.717, 1.165) is 71.1 Å². The van der Waals surface area contributed by atoms with Crippen molar-refractivity contribution >= 4 is 5.96 Å². The fourth-order valence-electron chi connectivity index (χ4n) is 4.45. The van der Waals surface area contributed by atoms with Gasteiger partial charge < -0.3 is 29.2 Å². The van der Waals surface area contributed by atoms with Crippen LogP contribution in [0.5, 0.6) is 0 Å². The average molecular weight is 432 g/mol. The number of hydrogen-bond acceptors (Lipinski definition) is 5. The minimum Gasteiger partial charge on any atom is -0.381 e. The highest BCUT2D eigenvalue weighted by molar-refractivity contribution is 5.80. The molecule has 3 heterocycles. The molecule has 172 valence electrons. The van der Waals surface area contributed by atoms with Crippen LogP contribution in [-0.4, -0.2) is 75.2 Å². The first-order valence-corrected chi connectivity index (χ1v) is 11.9. The molecule has 0 aromatic heterocycles. The second-order valence-electron chi connectivity index (χ2n) is 8.52. The molecule has 0 bridgehead atoms. The van der Waals surface area contributed by atoms with Crippen molar-refractivity contribution in [2.75, 3.05) is 46.1 Å². The predicted octanol–water partition coefficient (Wildman–Crippen LogP) is 2.73. The Morgan fingerprint density at radius 1 is 1.10 bits per heavy atom. The first-order valence-electron chi connectivity index (χ1n) is 11.9. The maximum Gasteiger partial charge on any atom is 0.194 e. The summed E-state index contributed by atoms with van der Waals surface area (Å²) in [7, 11) is 0. The molecule has 31 heavy (non-hydrogen) atoms. The van der Waals surface area contributed by atoms with E-state index >= 15 is 0 Å². The molecule has 3 aliphatic heterocycles. The molecule has 3 fully saturated rings. The second kappa shape index (κ2) is 11.8. The van der Waals surface area contributed by atoms with E-state index in [0.29, 0.717) is 25.9 Å². The van der Waals surface area contributed by atoms with Gasteiger partial charge in [-0.05, 0) is 43.7 Å². The summed E-state index contributed by atoms with van der Waals surface area (Å²) >= 11 is 0. The molecule has 4 rings (SSSR count). The summed E-state index contributed by atoms with van der Waals surface area (Å²) in [5, 5.41) is 3.46. The zero-order valence-electron chi connectivity index (χ0n) is 18.8. The number of nitrogens with one attached hydrogen (secondary N) is 1. The van der Waals surface area contributed by atoms with E-state index in [4.69, 9.17) is 23.9 Å². The van der Waals surface area contributed by atoms with E-state index in [1.807, 2.05) is 0 Å². The van der Waals surface area contributed by atoms with Crippen LogP contribution in [0.25, 0.3) is 0 Å². The smallest absolute Gasteiger partial charge is 0.194 e. The van der Waals surface area contributed by atoms with Crippen molar-refractivity contribution in [2.45, 2.75) is 64.1 Å². The third-order valence-corrected chi connectivity index (χ3v) is 6.16. The van der Waals surface area contributed by atoms with Gasteiger partial charge in [-0.15, -0.1) is 0 Å². The van der Waals surface area contributed by atoms with Crippen LogP contribution in [0.3, 0.4) is 0 Å². The molecule has 7 heteroatoms. The molecule has 1 N–H and O–H groups in total. The highest BCUT2D eigenvalue weighted by atomic mass is 16.5. The van der Waals surface area contributed by atoms with Crippen LogP contribution in [0.1, 0.15) is 43.7 Å². The molecular weight excluding hydrogens is 394 g/mol. The van der Waals surface area contributed by atoms with Crippen LogP contribution < -0.4 is 5.32 Å². The summed E-state index contributed by atoms with van der Waals surface area (Å²) in [6, 6.07) is 8.58. The number of aliphatic imine (C=N–C) groups is 1. The fraction of sp³-hybridized carbons (Fsp3) is 0.708. The zero-order valence-corrected chi connectivity index (χ0v) is 18.8. The SMILES string of the molecule is CCNC(=NCc1cccc(COC2CCOCC2)c1)N1CCOC(C2CCCO2)C1. The molecule has 3 saturated heterocycles. The van der Waals surface area contributed by atoms with Gasteiger partial charge in [-0.3, -0.25) is 0 Å². The van der Waals surface area contributed by atoms with Gasteiger partial charge in [-0.2, -0.15) is 0 Å². The van der Waals surface area contributed by atoms with Crippen molar-refractivity contribution in [3.05, 3.63) is 35.4 Å². The molecule has 2 unspecified atom stereocenters. The molecule has 3 aliphatic rings. The van der Waals surface area contributed by atoms with Crippen molar-refractivity contribution in [3.63, 3.8) is 0 Å². The molecule has 2 atom stereocenters. The molecular formula is C24H37N3O4. The van der Waals surface area contributed by atoms with Gasteiger partial charge in [0.05, 0.1) is 32.0 Å². The number of ether oxygens (including phenoxy) is 4. The van der Waals surface area contributed by atoms with Gasteiger partial charge in [0.1, 0.15) is 6.10 Å². The Hall–Kier alpha value is -1.67. The number of rotatable bonds is 7. The van der Waals surface area contributed by atoms with Crippen LogP contribution >= 0.6 is 0 Å². The second-order valence-corrected chi connectivity index (χ2v) is 8.52. The van der Waals surface area contributed by atoms with E-state index in [1.165, 1.54) is 11.1 Å². The first kappa shape index (κ1) is 22.5. The summed E-state index contributed by atoms with van der Waals surface area (Å²) in [6.07, 6.45) is 4.87. The van der Waals surface area contributed by atoms with Crippen molar-refractivity contribution in [2.24, 2.45) is 4.99 Å². The lowest BCUT2D eigenvalue weighted by molar-refractivity contribution is -0.0817. The molecule has 0 aliphatic carbocycles. The normalized spacial score (nSPS) is 25.7. The molecule has 0 radical (unpaired) electrons. The lowest BCUT2D eigenvalue weighted by Gasteiger charge is -2.37. The number of benzene rings is 1. The lowest BCUT2D eigenvalue weighted by atomic mass is 10.1. The molecule has 7 nitrogen and oxygen atoms in total. The van der Waals surface area contributed by atoms with Crippen LogP contribution in [0.4, 0.5) is 0 Å². The summed E-state index contributed by atoms with van der Waals surface area (Å²) in [6.45, 7) is 9.13. The number of morpholine rings is 1. The van der Waals surface area contributed by atoms with Gasteiger partial charge in [0.2, 0.25) is 0 Å². The van der Waals surface area contributed by atoms with Gasteiger partial charge in [0.15, 0.2) is 5.96 Å². The predicted molar refractivity (Wildman–Crippen MR) is 120 cm³/mol. The minimum absolute atomic E-state index is 0.130. The van der Waals surface area contributed by atoms with Gasteiger partial charge in [0.25, 0.3) is 0 Å². The first-order chi connectivity index (χ1) is 15.3. The Kier molecular flexibility index (Phi) is 8.58. The van der Waals surface area contributed by atoms with E-state index in [-0.39, 0.29) is 12.2 Å². The maximum absolute atomic E-state index is 6.08. The van der Waals surface area contributed by atoms with Crippen molar-refractivity contribution < 1.29 is 18.9 Å². The molecule has 0 spiro atoms. The Bertz CT molecular complexity index is 702. The molecule has 0 saturated carbocycles. The standard InChI is InChI=1S/C24H37N3O4/c1-2-25-24(27-10-14-30-23(17-27)22-7-4-11-29-22)26-16-19-5-3-6-20(15-19)18-31-21-8-12-28-13-9-21/h3,5-6,15,21-23H,2,4,7-14,16-18H2,1H3,(H,25,26). The highest BCUT2D eigenvalue weighted by Gasteiger charge is 2.32. The minimum atomic E-state index is 0.130. The van der Waals surface area contributed by atoms with Gasteiger partial charge in [0, 0.05) is 39.5 Å². The average Bonchev–Trinajstić information content (AvgIpc) is 3.37. The Morgan fingerprint density at radius 2 is 1.94 bits per heavy atom. The topological polar surface area (TPSA) is 64.6 Å². The van der Waals surface area contributed by atoms with E-state index in [1.54, 1.807) is 0 Å². The van der Waals surface area contributed by atoms with Crippen LogP contribution in [-0.2, 0) is 32.1 Å². The number of guanidine groups is 1. The maximum atomic E-state index is 6.08. The Morgan fingerprint density at radius 3 is 2.74 bits per heavy atom. The van der Waals surface area contributed by atoms with E-state index < -0.39 is 0 Å². The summed E-state index contributed by atoms with van der Waals surface area (Å²) < 4.78 is 23.4. The zero-order chi connectivity index (χ0) is 21.3. The fourth-order valence-corrected chi connectivity index (χ4v) is 4.45. The van der Waals surface area contributed by atoms with Crippen molar-refractivity contribution in [1.82, 2.24) is 10.2 Å².